The normalized spacial score (nSPS) is 16.2. The monoisotopic (exact) mass is 686 g/mol. The van der Waals surface area contributed by atoms with Crippen LogP contribution in [0.2, 0.25) is 0 Å². The molecule has 0 spiro atoms. The van der Waals surface area contributed by atoms with E-state index in [1.165, 1.54) is 0 Å². The van der Waals surface area contributed by atoms with Gasteiger partial charge in [-0.2, -0.15) is 0 Å². The molecule has 0 aliphatic heterocycles. The number of hydrogen-bond acceptors (Lipinski definition) is 9. The third-order valence-electron chi connectivity index (χ3n) is 7.74. The Hall–Kier alpha value is -4.71. The molecule has 0 heterocycles. The smallest absolute Gasteiger partial charge is 0.493 e. The van der Waals surface area contributed by atoms with Crippen molar-refractivity contribution in [2.45, 2.75) is 19.8 Å². The summed E-state index contributed by atoms with van der Waals surface area (Å²) in [5.41, 5.74) is 2.55. The second kappa shape index (κ2) is 15.0. The molecular formula is C37H36O9P2. The quantitative estimate of drug-likeness (QED) is 0.112. The van der Waals surface area contributed by atoms with E-state index in [1.807, 2.05) is 79.5 Å². The molecule has 48 heavy (non-hydrogen) atoms. The van der Waals surface area contributed by atoms with Gasteiger partial charge in [-0.3, -0.25) is 4.79 Å². The van der Waals surface area contributed by atoms with Crippen LogP contribution in [-0.4, -0.2) is 33.8 Å². The average Bonchev–Trinajstić information content (AvgIpc) is 3.09. The predicted octanol–water partition coefficient (Wildman–Crippen LogP) is 9.39. The molecule has 0 bridgehead atoms. The Morgan fingerprint density at radius 1 is 0.583 bits per heavy atom. The Morgan fingerprint density at radius 3 is 1.67 bits per heavy atom. The van der Waals surface area contributed by atoms with Gasteiger partial charge >= 0.3 is 8.60 Å². The minimum absolute atomic E-state index is 0.228. The Labute approximate surface area is 282 Å². The number of methoxy groups -OCH3 is 3. The lowest BCUT2D eigenvalue weighted by Gasteiger charge is -2.26. The van der Waals surface area contributed by atoms with Crippen molar-refractivity contribution in [2.24, 2.45) is 5.92 Å². The van der Waals surface area contributed by atoms with Crippen LogP contribution in [0.1, 0.15) is 40.4 Å². The second-order valence-electron chi connectivity index (χ2n) is 11.0. The van der Waals surface area contributed by atoms with Crippen molar-refractivity contribution in [3.63, 3.8) is 0 Å². The summed E-state index contributed by atoms with van der Waals surface area (Å²) in [7, 11) is 1.14. The van der Waals surface area contributed by atoms with Gasteiger partial charge < -0.3 is 36.8 Å². The number of benzene rings is 4. The summed E-state index contributed by atoms with van der Waals surface area (Å²) in [5, 5.41) is 0. The van der Waals surface area contributed by atoms with Crippen molar-refractivity contribution in [3.8, 4) is 34.5 Å². The topological polar surface area (TPSA) is 90.9 Å². The number of ether oxygens (including phenoxy) is 3. The zero-order valence-electron chi connectivity index (χ0n) is 27.3. The van der Waals surface area contributed by atoms with E-state index in [2.05, 4.69) is 6.92 Å². The van der Waals surface area contributed by atoms with Gasteiger partial charge in [-0.15, -0.1) is 0 Å². The van der Waals surface area contributed by atoms with E-state index in [-0.39, 0.29) is 11.7 Å². The SMILES string of the molecule is COC1=CC(C)CC=C1OP(Oc1ccccc1OC)Oc1cccc2c1C(=O)c1c(cccc1OP(C)Oc1ccccc1OC)C2. The summed E-state index contributed by atoms with van der Waals surface area (Å²) < 4.78 is 48.2. The summed E-state index contributed by atoms with van der Waals surface area (Å²) in [5.74, 6) is 4.00. The zero-order valence-corrected chi connectivity index (χ0v) is 29.1. The lowest BCUT2D eigenvalue weighted by Crippen LogP contribution is -2.18. The van der Waals surface area contributed by atoms with Crippen LogP contribution in [0.15, 0.2) is 109 Å². The number of fused-ring (bicyclic) bond motifs is 2. The maximum absolute atomic E-state index is 14.4. The van der Waals surface area contributed by atoms with E-state index >= 15 is 0 Å². The molecule has 0 saturated carbocycles. The fourth-order valence-corrected chi connectivity index (χ4v) is 7.43. The lowest BCUT2D eigenvalue weighted by atomic mass is 9.84. The number of carbonyl (C=O) groups is 1. The van der Waals surface area contributed by atoms with E-state index in [4.69, 9.17) is 36.8 Å². The summed E-state index contributed by atoms with van der Waals surface area (Å²) in [4.78, 5) is 14.4. The molecule has 0 N–H and O–H groups in total. The van der Waals surface area contributed by atoms with Crippen molar-refractivity contribution >= 4 is 22.8 Å². The molecule has 3 atom stereocenters. The van der Waals surface area contributed by atoms with E-state index in [0.29, 0.717) is 63.6 Å². The zero-order chi connectivity index (χ0) is 33.6. The van der Waals surface area contributed by atoms with Gasteiger partial charge in [0, 0.05) is 6.66 Å². The molecule has 2 aliphatic rings. The van der Waals surface area contributed by atoms with Crippen molar-refractivity contribution in [1.82, 2.24) is 0 Å². The van der Waals surface area contributed by atoms with Crippen molar-refractivity contribution in [3.05, 3.63) is 131 Å². The number of allylic oxidation sites excluding steroid dienone is 2. The highest BCUT2D eigenvalue weighted by Gasteiger charge is 2.33. The molecule has 6 rings (SSSR count). The lowest BCUT2D eigenvalue weighted by molar-refractivity contribution is 0.103. The highest BCUT2D eigenvalue weighted by Crippen LogP contribution is 2.50. The largest absolute Gasteiger partial charge is 0.530 e. The summed E-state index contributed by atoms with van der Waals surface area (Å²) in [6.07, 6.45) is 5.22. The Kier molecular flexibility index (Phi) is 10.4. The van der Waals surface area contributed by atoms with Crippen LogP contribution >= 0.6 is 17.0 Å². The number of para-hydroxylation sites is 4. The first-order valence-electron chi connectivity index (χ1n) is 15.3. The fraction of sp³-hybridized carbons (Fsp3) is 0.216. The molecule has 248 valence electrons. The van der Waals surface area contributed by atoms with E-state index in [1.54, 1.807) is 45.6 Å². The molecule has 0 saturated heterocycles. The number of rotatable bonds is 13. The van der Waals surface area contributed by atoms with Gasteiger partial charge in [0.25, 0.3) is 8.38 Å². The summed E-state index contributed by atoms with van der Waals surface area (Å²) >= 11 is 0. The van der Waals surface area contributed by atoms with E-state index in [0.717, 1.165) is 17.5 Å². The van der Waals surface area contributed by atoms with Gasteiger partial charge in [-0.25, -0.2) is 0 Å². The van der Waals surface area contributed by atoms with Gasteiger partial charge in [0.05, 0.1) is 32.5 Å². The Balaban J connectivity index is 1.30. The average molecular weight is 687 g/mol. The fourth-order valence-electron chi connectivity index (χ4n) is 5.48. The number of ketones is 1. The third kappa shape index (κ3) is 7.23. The minimum Gasteiger partial charge on any atom is -0.493 e. The second-order valence-corrected chi connectivity index (χ2v) is 13.3. The molecule has 4 aromatic rings. The van der Waals surface area contributed by atoms with Gasteiger partial charge in [-0.1, -0.05) is 55.5 Å². The van der Waals surface area contributed by atoms with Crippen molar-refractivity contribution in [1.29, 1.82) is 0 Å². The van der Waals surface area contributed by atoms with Crippen LogP contribution in [0, 0.1) is 5.92 Å². The van der Waals surface area contributed by atoms with Gasteiger partial charge in [0.2, 0.25) is 5.78 Å². The molecule has 4 aromatic carbocycles. The predicted molar refractivity (Wildman–Crippen MR) is 185 cm³/mol. The molecule has 9 nitrogen and oxygen atoms in total. The third-order valence-corrected chi connectivity index (χ3v) is 9.69. The summed E-state index contributed by atoms with van der Waals surface area (Å²) in [6, 6.07) is 25.7. The highest BCUT2D eigenvalue weighted by atomic mass is 31.2. The van der Waals surface area contributed by atoms with Gasteiger partial charge in [0.15, 0.2) is 34.5 Å². The van der Waals surface area contributed by atoms with Crippen molar-refractivity contribution < 1.29 is 41.6 Å². The standard InChI is InChI=1S/C37H36O9P2/c1-24-20-21-31(34(22-24)41-4)45-48(44-30-17-9-7-15-28(30)40-3)46-33-19-11-13-26-23-25-12-10-18-32(35(25)37(38)36(26)33)43-47(5)42-29-16-8-6-14-27(29)39-2/h6-19,21-22,24H,20,23H2,1-5H3. The van der Waals surface area contributed by atoms with E-state index in [9.17, 15) is 4.79 Å². The minimum atomic E-state index is -2.14. The maximum atomic E-state index is 14.4. The van der Waals surface area contributed by atoms with Crippen LogP contribution in [0.3, 0.4) is 0 Å². The molecule has 3 unspecified atom stereocenters. The first kappa shape index (κ1) is 33.2. The molecule has 0 fully saturated rings. The number of carbonyl (C=O) groups excluding carboxylic acids is 1. The number of hydrogen-bond donors (Lipinski definition) is 0. The first-order valence-corrected chi connectivity index (χ1v) is 18.0. The molecular weight excluding hydrogens is 650 g/mol. The first-order chi connectivity index (χ1) is 23.4. The van der Waals surface area contributed by atoms with E-state index < -0.39 is 17.0 Å². The highest BCUT2D eigenvalue weighted by molar-refractivity contribution is 7.47. The van der Waals surface area contributed by atoms with Gasteiger partial charge in [-0.05, 0) is 78.4 Å². The Bertz CT molecular complexity index is 1850. The van der Waals surface area contributed by atoms with Gasteiger partial charge in [0.1, 0.15) is 11.5 Å². The summed E-state index contributed by atoms with van der Waals surface area (Å²) in [6.45, 7) is 3.93. The molecule has 0 radical (unpaired) electrons. The molecule has 0 amide bonds. The maximum Gasteiger partial charge on any atom is 0.530 e. The molecule has 11 heteroatoms. The van der Waals surface area contributed by atoms with Crippen LogP contribution < -0.4 is 27.6 Å². The van der Waals surface area contributed by atoms with Crippen LogP contribution in [-0.2, 0) is 15.7 Å². The van der Waals surface area contributed by atoms with Crippen LogP contribution in [0.4, 0.5) is 0 Å². The van der Waals surface area contributed by atoms with Crippen LogP contribution in [0.25, 0.3) is 0 Å². The van der Waals surface area contributed by atoms with Crippen molar-refractivity contribution in [2.75, 3.05) is 28.0 Å². The molecule has 2 aliphatic carbocycles. The van der Waals surface area contributed by atoms with Crippen LogP contribution in [0.5, 0.6) is 34.5 Å². The Morgan fingerprint density at radius 2 is 1.08 bits per heavy atom. The molecule has 0 aromatic heterocycles.